The Balaban J connectivity index is 2.02. The second kappa shape index (κ2) is 10.6. The summed E-state index contributed by atoms with van der Waals surface area (Å²) >= 11 is 5.27. The maximum atomic E-state index is 12.7. The fourth-order valence-electron chi connectivity index (χ4n) is 2.49. The maximum Gasteiger partial charge on any atom is 0.261 e. The molecule has 154 valence electrons. The molecule has 0 atom stereocenters. The zero-order valence-corrected chi connectivity index (χ0v) is 18.0. The van der Waals surface area contributed by atoms with Crippen LogP contribution in [0, 0.1) is 5.92 Å². The molecular formula is C22H27N3O3S. The van der Waals surface area contributed by atoms with E-state index in [0.29, 0.717) is 29.5 Å². The molecule has 0 unspecified atom stereocenters. The average Bonchev–Trinajstić information content (AvgIpc) is 2.67. The number of thiocarbonyl (C=S) groups is 1. The Labute approximate surface area is 177 Å². The van der Waals surface area contributed by atoms with Crippen LogP contribution >= 0.6 is 12.2 Å². The average molecular weight is 414 g/mol. The van der Waals surface area contributed by atoms with Crippen molar-refractivity contribution in [1.82, 2.24) is 5.32 Å². The van der Waals surface area contributed by atoms with Crippen molar-refractivity contribution in [3.63, 3.8) is 0 Å². The van der Waals surface area contributed by atoms with Crippen molar-refractivity contribution in [2.24, 2.45) is 5.92 Å². The number of nitrogens with zero attached hydrogens (tertiary/aromatic N) is 1. The number of para-hydroxylation sites is 1. The number of ether oxygens (including phenoxy) is 1. The monoisotopic (exact) mass is 413 g/mol. The highest BCUT2D eigenvalue weighted by molar-refractivity contribution is 7.80. The minimum Gasteiger partial charge on any atom is -0.493 e. The van der Waals surface area contributed by atoms with Crippen LogP contribution in [0.15, 0.2) is 48.5 Å². The minimum atomic E-state index is -0.348. The van der Waals surface area contributed by atoms with Gasteiger partial charge in [0.05, 0.1) is 12.2 Å². The summed E-state index contributed by atoms with van der Waals surface area (Å²) in [7, 11) is 1.69. The number of hydrogen-bond acceptors (Lipinski definition) is 4. The fourth-order valence-corrected chi connectivity index (χ4v) is 2.70. The molecule has 7 heteroatoms. The summed E-state index contributed by atoms with van der Waals surface area (Å²) in [6.07, 6.45) is 0.904. The second-order valence-electron chi connectivity index (χ2n) is 7.06. The minimum absolute atomic E-state index is 0.0768. The van der Waals surface area contributed by atoms with E-state index in [1.165, 1.54) is 11.8 Å². The first-order valence-electron chi connectivity index (χ1n) is 9.46. The SMILES string of the molecule is CC(=O)N(C)c1cccc(NC(=S)NC(=O)c2ccccc2OCCC(C)C)c1. The first-order chi connectivity index (χ1) is 13.8. The molecule has 0 heterocycles. The number of carbonyl (C=O) groups is 2. The number of anilines is 2. The molecule has 0 saturated heterocycles. The van der Waals surface area contributed by atoms with E-state index in [1.807, 2.05) is 12.1 Å². The van der Waals surface area contributed by atoms with Crippen LogP contribution in [-0.2, 0) is 4.79 Å². The Kier molecular flexibility index (Phi) is 8.15. The lowest BCUT2D eigenvalue weighted by molar-refractivity contribution is -0.116. The van der Waals surface area contributed by atoms with Crippen molar-refractivity contribution < 1.29 is 14.3 Å². The van der Waals surface area contributed by atoms with Gasteiger partial charge in [-0.25, -0.2) is 0 Å². The molecular weight excluding hydrogens is 386 g/mol. The molecule has 29 heavy (non-hydrogen) atoms. The van der Waals surface area contributed by atoms with E-state index in [2.05, 4.69) is 24.5 Å². The fraction of sp³-hybridized carbons (Fsp3) is 0.318. The smallest absolute Gasteiger partial charge is 0.261 e. The number of amides is 2. The van der Waals surface area contributed by atoms with Crippen molar-refractivity contribution in [3.8, 4) is 5.75 Å². The van der Waals surface area contributed by atoms with Crippen molar-refractivity contribution >= 4 is 40.5 Å². The van der Waals surface area contributed by atoms with Gasteiger partial charge in [-0.3, -0.25) is 14.9 Å². The van der Waals surface area contributed by atoms with Crippen LogP contribution in [0.2, 0.25) is 0 Å². The van der Waals surface area contributed by atoms with E-state index in [-0.39, 0.29) is 16.9 Å². The highest BCUT2D eigenvalue weighted by atomic mass is 32.1. The van der Waals surface area contributed by atoms with Gasteiger partial charge in [-0.1, -0.05) is 32.0 Å². The number of rotatable bonds is 7. The standard InChI is InChI=1S/C22H27N3O3S/c1-15(2)12-13-28-20-11-6-5-10-19(20)21(27)24-22(29)23-17-8-7-9-18(14-17)25(4)16(3)26/h5-11,14-15H,12-13H2,1-4H3,(H2,23,24,27,29). The van der Waals surface area contributed by atoms with Gasteiger partial charge in [0, 0.05) is 25.3 Å². The normalized spacial score (nSPS) is 10.4. The first-order valence-corrected chi connectivity index (χ1v) is 9.87. The van der Waals surface area contributed by atoms with Crippen LogP contribution in [0.4, 0.5) is 11.4 Å². The molecule has 0 bridgehead atoms. The maximum absolute atomic E-state index is 12.7. The van der Waals surface area contributed by atoms with Gasteiger partial charge < -0.3 is 15.0 Å². The Morgan fingerprint density at radius 1 is 1.14 bits per heavy atom. The molecule has 2 N–H and O–H groups in total. The molecule has 2 amide bonds. The Bertz CT molecular complexity index is 883. The highest BCUT2D eigenvalue weighted by Crippen LogP contribution is 2.20. The molecule has 2 aromatic rings. The zero-order valence-electron chi connectivity index (χ0n) is 17.2. The molecule has 0 aliphatic carbocycles. The number of carbonyl (C=O) groups excluding carboxylic acids is 2. The quantitative estimate of drug-likeness (QED) is 0.665. The number of benzene rings is 2. The molecule has 0 radical (unpaired) electrons. The third-order valence-corrected chi connectivity index (χ3v) is 4.48. The molecule has 0 aliphatic heterocycles. The summed E-state index contributed by atoms with van der Waals surface area (Å²) in [6.45, 7) is 6.28. The predicted molar refractivity (Wildman–Crippen MR) is 121 cm³/mol. The number of nitrogens with one attached hydrogen (secondary N) is 2. The Hall–Kier alpha value is -2.93. The van der Waals surface area contributed by atoms with Gasteiger partial charge in [-0.2, -0.15) is 0 Å². The largest absolute Gasteiger partial charge is 0.493 e. The molecule has 0 aliphatic rings. The summed E-state index contributed by atoms with van der Waals surface area (Å²) < 4.78 is 5.77. The van der Waals surface area contributed by atoms with E-state index in [9.17, 15) is 9.59 Å². The Morgan fingerprint density at radius 2 is 1.86 bits per heavy atom. The van der Waals surface area contributed by atoms with Gasteiger partial charge in [0.1, 0.15) is 5.75 Å². The molecule has 2 aromatic carbocycles. The number of hydrogen-bond donors (Lipinski definition) is 2. The topological polar surface area (TPSA) is 70.7 Å². The summed E-state index contributed by atoms with van der Waals surface area (Å²) in [6, 6.07) is 14.3. The lowest BCUT2D eigenvalue weighted by atomic mass is 10.1. The van der Waals surface area contributed by atoms with Crippen molar-refractivity contribution in [3.05, 3.63) is 54.1 Å². The summed E-state index contributed by atoms with van der Waals surface area (Å²) in [5, 5.41) is 5.81. The molecule has 2 rings (SSSR count). The van der Waals surface area contributed by atoms with Gasteiger partial charge in [-0.05, 0) is 54.9 Å². The molecule has 0 saturated carbocycles. The third-order valence-electron chi connectivity index (χ3n) is 4.28. The van der Waals surface area contributed by atoms with E-state index >= 15 is 0 Å². The van der Waals surface area contributed by atoms with E-state index in [1.54, 1.807) is 43.4 Å². The van der Waals surface area contributed by atoms with E-state index in [0.717, 1.165) is 12.1 Å². The van der Waals surface area contributed by atoms with Gasteiger partial charge >= 0.3 is 0 Å². The van der Waals surface area contributed by atoms with Crippen LogP contribution in [0.3, 0.4) is 0 Å². The Morgan fingerprint density at radius 3 is 2.55 bits per heavy atom. The predicted octanol–water partition coefficient (Wildman–Crippen LogP) is 4.22. The van der Waals surface area contributed by atoms with Crippen molar-refractivity contribution in [2.75, 3.05) is 23.9 Å². The van der Waals surface area contributed by atoms with Gasteiger partial charge in [0.2, 0.25) is 5.91 Å². The van der Waals surface area contributed by atoms with Gasteiger partial charge in [0.25, 0.3) is 5.91 Å². The van der Waals surface area contributed by atoms with Gasteiger partial charge in [-0.15, -0.1) is 0 Å². The first kappa shape index (κ1) is 22.4. The molecule has 0 fully saturated rings. The van der Waals surface area contributed by atoms with Crippen LogP contribution in [0.5, 0.6) is 5.75 Å². The third kappa shape index (κ3) is 6.87. The van der Waals surface area contributed by atoms with Crippen molar-refractivity contribution in [2.45, 2.75) is 27.2 Å². The molecule has 0 aromatic heterocycles. The summed E-state index contributed by atoms with van der Waals surface area (Å²) in [5.41, 5.74) is 1.81. The van der Waals surface area contributed by atoms with Crippen LogP contribution in [-0.4, -0.2) is 30.6 Å². The van der Waals surface area contributed by atoms with Crippen LogP contribution in [0.1, 0.15) is 37.6 Å². The lowest BCUT2D eigenvalue weighted by Crippen LogP contribution is -2.34. The van der Waals surface area contributed by atoms with Crippen LogP contribution in [0.25, 0.3) is 0 Å². The summed E-state index contributed by atoms with van der Waals surface area (Å²) in [4.78, 5) is 25.7. The summed E-state index contributed by atoms with van der Waals surface area (Å²) in [5.74, 6) is 0.621. The zero-order chi connectivity index (χ0) is 21.4. The van der Waals surface area contributed by atoms with E-state index in [4.69, 9.17) is 17.0 Å². The lowest BCUT2D eigenvalue weighted by Gasteiger charge is -2.17. The van der Waals surface area contributed by atoms with Gasteiger partial charge in [0.15, 0.2) is 5.11 Å². The molecule has 0 spiro atoms. The van der Waals surface area contributed by atoms with Crippen molar-refractivity contribution in [1.29, 1.82) is 0 Å². The van der Waals surface area contributed by atoms with Crippen LogP contribution < -0.4 is 20.3 Å². The second-order valence-corrected chi connectivity index (χ2v) is 7.47. The molecule has 6 nitrogen and oxygen atoms in total. The van der Waals surface area contributed by atoms with E-state index < -0.39 is 0 Å². The highest BCUT2D eigenvalue weighted by Gasteiger charge is 2.14.